The number of likely N-dealkylation sites (tertiary alicyclic amines) is 2. The minimum Gasteiger partial charge on any atom is -0.373 e. The van der Waals surface area contributed by atoms with E-state index >= 15 is 0 Å². The quantitative estimate of drug-likeness (QED) is 0.855. The second-order valence-electron chi connectivity index (χ2n) is 8.53. The molecule has 4 rings (SSSR count). The van der Waals surface area contributed by atoms with Gasteiger partial charge >= 0.3 is 0 Å². The van der Waals surface area contributed by atoms with Crippen molar-refractivity contribution in [3.05, 3.63) is 11.8 Å². The number of nitrogens with zero attached hydrogens (tertiary/aromatic N) is 5. The number of amides is 1. The number of carbonyl (C=O) groups is 1. The van der Waals surface area contributed by atoms with Crippen LogP contribution < -0.4 is 10.2 Å². The van der Waals surface area contributed by atoms with E-state index in [1.54, 1.807) is 0 Å². The van der Waals surface area contributed by atoms with Crippen LogP contribution in [0.5, 0.6) is 0 Å². The van der Waals surface area contributed by atoms with Gasteiger partial charge in [-0.1, -0.05) is 0 Å². The average Bonchev–Trinajstić information content (AvgIpc) is 3.28. The predicted molar refractivity (Wildman–Crippen MR) is 112 cm³/mol. The predicted octanol–water partition coefficient (Wildman–Crippen LogP) is 2.13. The molecule has 1 aromatic rings. The van der Waals surface area contributed by atoms with Gasteiger partial charge in [-0.25, -0.2) is 4.98 Å². The molecule has 3 fully saturated rings. The van der Waals surface area contributed by atoms with Gasteiger partial charge < -0.3 is 15.1 Å². The van der Waals surface area contributed by atoms with Gasteiger partial charge in [-0.05, 0) is 52.0 Å². The smallest absolute Gasteiger partial charge is 0.227 e. The van der Waals surface area contributed by atoms with E-state index in [2.05, 4.69) is 30.0 Å². The van der Waals surface area contributed by atoms with Gasteiger partial charge in [-0.3, -0.25) is 9.69 Å². The molecule has 154 valence electrons. The van der Waals surface area contributed by atoms with Crippen molar-refractivity contribution in [3.63, 3.8) is 0 Å². The van der Waals surface area contributed by atoms with E-state index in [1.165, 1.54) is 12.8 Å². The zero-order valence-electron chi connectivity index (χ0n) is 17.4. The second kappa shape index (κ2) is 8.64. The van der Waals surface area contributed by atoms with Crippen molar-refractivity contribution in [2.24, 2.45) is 5.92 Å². The highest BCUT2D eigenvalue weighted by Gasteiger charge is 2.34. The molecule has 0 saturated carbocycles. The number of rotatable bonds is 4. The third-order valence-electron chi connectivity index (χ3n) is 6.58. The van der Waals surface area contributed by atoms with Gasteiger partial charge in [-0.15, -0.1) is 0 Å². The molecule has 0 aromatic carbocycles. The van der Waals surface area contributed by atoms with E-state index in [0.717, 1.165) is 82.4 Å². The van der Waals surface area contributed by atoms with E-state index in [9.17, 15) is 4.79 Å². The number of aromatic nitrogens is 2. The van der Waals surface area contributed by atoms with Crippen LogP contribution in [-0.2, 0) is 4.79 Å². The molecule has 0 unspecified atom stereocenters. The van der Waals surface area contributed by atoms with Crippen molar-refractivity contribution < 1.29 is 4.79 Å². The van der Waals surface area contributed by atoms with Crippen molar-refractivity contribution >= 4 is 17.7 Å². The lowest BCUT2D eigenvalue weighted by molar-refractivity contribution is -0.136. The third kappa shape index (κ3) is 4.24. The van der Waals surface area contributed by atoms with E-state index in [-0.39, 0.29) is 5.92 Å². The summed E-state index contributed by atoms with van der Waals surface area (Å²) < 4.78 is 0. The van der Waals surface area contributed by atoms with Crippen molar-refractivity contribution in [2.75, 3.05) is 56.5 Å². The zero-order valence-corrected chi connectivity index (χ0v) is 17.4. The maximum absolute atomic E-state index is 12.8. The number of aryl methyl sites for hydroxylation is 1. The third-order valence-corrected chi connectivity index (χ3v) is 6.58. The second-order valence-corrected chi connectivity index (χ2v) is 8.53. The van der Waals surface area contributed by atoms with E-state index in [0.29, 0.717) is 11.9 Å². The molecular formula is C21H34N6O. The first kappa shape index (κ1) is 19.4. The lowest BCUT2D eigenvalue weighted by Gasteiger charge is -2.42. The SMILES string of the molecule is CNc1cc(C)nc(N2CCC(N3CCC[C@@H](C(=O)N4CCCC4)C3)CC2)n1. The summed E-state index contributed by atoms with van der Waals surface area (Å²) in [5.41, 5.74) is 0.996. The van der Waals surface area contributed by atoms with Gasteiger partial charge in [0.05, 0.1) is 5.92 Å². The molecule has 7 nitrogen and oxygen atoms in total. The molecule has 0 spiro atoms. The van der Waals surface area contributed by atoms with Crippen LogP contribution in [0.2, 0.25) is 0 Å². The summed E-state index contributed by atoms with van der Waals surface area (Å²) in [6, 6.07) is 2.56. The first-order valence-corrected chi connectivity index (χ1v) is 11.0. The number of nitrogens with one attached hydrogen (secondary N) is 1. The van der Waals surface area contributed by atoms with Crippen LogP contribution in [0.3, 0.4) is 0 Å². The van der Waals surface area contributed by atoms with Gasteiger partial charge in [0.25, 0.3) is 0 Å². The normalized spacial score (nSPS) is 24.6. The lowest BCUT2D eigenvalue weighted by atomic mass is 9.93. The standard InChI is InChI=1S/C21H34N6O/c1-16-14-19(22-2)24-21(23-16)26-12-7-18(8-13-26)27-11-5-6-17(15-27)20(28)25-9-3-4-10-25/h14,17-18H,3-13,15H2,1-2H3,(H,22,23,24)/t17-/m1/s1. The van der Waals surface area contributed by atoms with Gasteiger partial charge in [-0.2, -0.15) is 4.98 Å². The monoisotopic (exact) mass is 386 g/mol. The summed E-state index contributed by atoms with van der Waals surface area (Å²) in [5, 5.41) is 3.12. The Bertz CT molecular complexity index is 681. The number of hydrogen-bond acceptors (Lipinski definition) is 6. The molecule has 1 amide bonds. The summed E-state index contributed by atoms with van der Waals surface area (Å²) in [5.74, 6) is 2.34. The van der Waals surface area contributed by atoms with E-state index in [1.807, 2.05) is 20.0 Å². The molecule has 1 aromatic heterocycles. The van der Waals surface area contributed by atoms with Crippen LogP contribution in [0.25, 0.3) is 0 Å². The Morgan fingerprint density at radius 2 is 1.79 bits per heavy atom. The Morgan fingerprint density at radius 1 is 1.04 bits per heavy atom. The molecule has 28 heavy (non-hydrogen) atoms. The van der Waals surface area contributed by atoms with Crippen LogP contribution in [0.15, 0.2) is 6.07 Å². The molecule has 4 heterocycles. The lowest BCUT2D eigenvalue weighted by Crippen LogP contribution is -2.51. The van der Waals surface area contributed by atoms with E-state index < -0.39 is 0 Å². The van der Waals surface area contributed by atoms with Crippen molar-refractivity contribution in [1.82, 2.24) is 19.8 Å². The number of piperidine rings is 2. The fourth-order valence-electron chi connectivity index (χ4n) is 4.99. The molecule has 3 aliphatic heterocycles. The Hall–Kier alpha value is -1.89. The van der Waals surface area contributed by atoms with Crippen LogP contribution in [-0.4, -0.2) is 78.0 Å². The van der Waals surface area contributed by atoms with Gasteiger partial charge in [0.15, 0.2) is 0 Å². The number of hydrogen-bond donors (Lipinski definition) is 1. The minimum atomic E-state index is 0.211. The maximum Gasteiger partial charge on any atom is 0.227 e. The molecule has 7 heteroatoms. The largest absolute Gasteiger partial charge is 0.373 e. The van der Waals surface area contributed by atoms with E-state index in [4.69, 9.17) is 0 Å². The molecule has 3 saturated heterocycles. The van der Waals surface area contributed by atoms with Crippen LogP contribution in [0.4, 0.5) is 11.8 Å². The summed E-state index contributed by atoms with van der Waals surface area (Å²) >= 11 is 0. The van der Waals surface area contributed by atoms with Crippen molar-refractivity contribution in [2.45, 2.75) is 51.5 Å². The van der Waals surface area contributed by atoms with Crippen LogP contribution in [0, 0.1) is 12.8 Å². The Kier molecular flexibility index (Phi) is 5.99. The molecule has 1 atom stereocenters. The summed E-state index contributed by atoms with van der Waals surface area (Å²) in [6.45, 7) is 8.02. The number of carbonyl (C=O) groups excluding carboxylic acids is 1. The average molecular weight is 387 g/mol. The highest BCUT2D eigenvalue weighted by Crippen LogP contribution is 2.27. The Morgan fingerprint density at radius 3 is 2.50 bits per heavy atom. The first-order chi connectivity index (χ1) is 13.6. The zero-order chi connectivity index (χ0) is 19.5. The number of anilines is 2. The summed E-state index contributed by atoms with van der Waals surface area (Å²) in [6.07, 6.45) is 6.81. The van der Waals surface area contributed by atoms with Crippen LogP contribution in [0.1, 0.15) is 44.2 Å². The van der Waals surface area contributed by atoms with Gasteiger partial charge in [0.1, 0.15) is 5.82 Å². The molecule has 0 aliphatic carbocycles. The highest BCUT2D eigenvalue weighted by atomic mass is 16.2. The fourth-order valence-corrected chi connectivity index (χ4v) is 4.99. The van der Waals surface area contributed by atoms with Crippen molar-refractivity contribution in [1.29, 1.82) is 0 Å². The summed E-state index contributed by atoms with van der Waals surface area (Å²) in [4.78, 5) is 29.1. The molecular weight excluding hydrogens is 352 g/mol. The van der Waals surface area contributed by atoms with Gasteiger partial charge in [0, 0.05) is 57.6 Å². The van der Waals surface area contributed by atoms with Gasteiger partial charge in [0.2, 0.25) is 11.9 Å². The minimum absolute atomic E-state index is 0.211. The Balaban J connectivity index is 1.33. The molecule has 1 N–H and O–H groups in total. The molecule has 0 radical (unpaired) electrons. The van der Waals surface area contributed by atoms with Crippen LogP contribution >= 0.6 is 0 Å². The summed E-state index contributed by atoms with van der Waals surface area (Å²) in [7, 11) is 1.90. The topological polar surface area (TPSA) is 64.6 Å². The highest BCUT2D eigenvalue weighted by molar-refractivity contribution is 5.79. The first-order valence-electron chi connectivity index (χ1n) is 11.0. The molecule has 0 bridgehead atoms. The fraction of sp³-hybridized carbons (Fsp3) is 0.762. The molecule has 3 aliphatic rings. The Labute approximate surface area is 168 Å². The van der Waals surface area contributed by atoms with Crippen molar-refractivity contribution in [3.8, 4) is 0 Å². The maximum atomic E-state index is 12.8.